The zero-order valence-corrected chi connectivity index (χ0v) is 17.3. The predicted octanol–water partition coefficient (Wildman–Crippen LogP) is 3.59. The van der Waals surface area contributed by atoms with Crippen LogP contribution in [0.4, 0.5) is 5.69 Å². The van der Waals surface area contributed by atoms with E-state index in [9.17, 15) is 9.59 Å². The Bertz CT molecular complexity index is 935. The molecule has 2 aromatic carbocycles. The predicted molar refractivity (Wildman–Crippen MR) is 112 cm³/mol. The van der Waals surface area contributed by atoms with Gasteiger partial charge in [0.2, 0.25) is 11.8 Å². The molecule has 1 saturated heterocycles. The maximum absolute atomic E-state index is 11.6. The van der Waals surface area contributed by atoms with Crippen LogP contribution in [0.25, 0.3) is 0 Å². The summed E-state index contributed by atoms with van der Waals surface area (Å²) in [6, 6.07) is 11.5. The van der Waals surface area contributed by atoms with E-state index in [0.717, 1.165) is 29.2 Å². The molecule has 0 unspecified atom stereocenters. The third kappa shape index (κ3) is 4.50. The molecule has 2 amide bonds. The van der Waals surface area contributed by atoms with Crippen LogP contribution in [0.2, 0.25) is 10.0 Å². The highest BCUT2D eigenvalue weighted by molar-refractivity contribution is 6.32. The number of benzene rings is 2. The van der Waals surface area contributed by atoms with Gasteiger partial charge in [0, 0.05) is 31.0 Å². The van der Waals surface area contributed by atoms with E-state index in [1.165, 1.54) is 10.5 Å². The molecule has 2 heterocycles. The summed E-state index contributed by atoms with van der Waals surface area (Å²) in [5.74, 6) is 0.254. The van der Waals surface area contributed by atoms with Crippen molar-refractivity contribution in [2.45, 2.75) is 25.8 Å². The molecule has 0 aromatic heterocycles. The van der Waals surface area contributed by atoms with E-state index in [1.54, 1.807) is 0 Å². The number of anilines is 1. The van der Waals surface area contributed by atoms with Gasteiger partial charge in [0.15, 0.2) is 0 Å². The zero-order valence-electron chi connectivity index (χ0n) is 15.8. The van der Waals surface area contributed by atoms with Crippen molar-refractivity contribution in [3.8, 4) is 5.75 Å². The summed E-state index contributed by atoms with van der Waals surface area (Å²) >= 11 is 12.4. The van der Waals surface area contributed by atoms with Gasteiger partial charge in [-0.25, -0.2) is 5.43 Å². The van der Waals surface area contributed by atoms with Gasteiger partial charge in [0.25, 0.3) is 0 Å². The second-order valence-electron chi connectivity index (χ2n) is 7.06. The van der Waals surface area contributed by atoms with Gasteiger partial charge in [0.05, 0.1) is 17.3 Å². The van der Waals surface area contributed by atoms with Crippen LogP contribution in [0.5, 0.6) is 5.75 Å². The number of ether oxygens (including phenoxy) is 1. The average Bonchev–Trinajstić information content (AvgIpc) is 3.24. The molecule has 2 aliphatic heterocycles. The monoisotopic (exact) mass is 433 g/mol. The highest BCUT2D eigenvalue weighted by atomic mass is 35.5. The molecule has 0 spiro atoms. The van der Waals surface area contributed by atoms with Crippen LogP contribution >= 0.6 is 23.2 Å². The minimum atomic E-state index is -0.142. The smallest absolute Gasteiger partial charge is 0.229 e. The summed E-state index contributed by atoms with van der Waals surface area (Å²) in [6.07, 6.45) is 1.53. The molecule has 4 rings (SSSR count). The van der Waals surface area contributed by atoms with Crippen molar-refractivity contribution in [1.29, 1.82) is 0 Å². The van der Waals surface area contributed by atoms with Gasteiger partial charge in [-0.2, -0.15) is 0 Å². The van der Waals surface area contributed by atoms with Crippen LogP contribution in [0, 0.1) is 0 Å². The zero-order chi connectivity index (χ0) is 20.4. The summed E-state index contributed by atoms with van der Waals surface area (Å²) in [5.41, 5.74) is 6.82. The molecule has 8 heteroatoms. The number of halogens is 2. The third-order valence-corrected chi connectivity index (χ3v) is 5.67. The number of hydrogen-bond donors (Lipinski definition) is 1. The van der Waals surface area contributed by atoms with E-state index >= 15 is 0 Å². The Balaban J connectivity index is 1.30. The first-order valence-corrected chi connectivity index (χ1v) is 10.3. The Labute approximate surface area is 179 Å². The number of amides is 2. The minimum Gasteiger partial charge on any atom is -0.490 e. The minimum absolute atomic E-state index is 0.142. The quantitative estimate of drug-likeness (QED) is 0.675. The van der Waals surface area contributed by atoms with Gasteiger partial charge in [-0.05, 0) is 47.9 Å². The lowest BCUT2D eigenvalue weighted by Crippen LogP contribution is -2.35. The van der Waals surface area contributed by atoms with Gasteiger partial charge in [0.1, 0.15) is 12.4 Å². The molecule has 6 nitrogen and oxygen atoms in total. The van der Waals surface area contributed by atoms with Crippen LogP contribution in [-0.4, -0.2) is 36.4 Å². The Morgan fingerprint density at radius 2 is 1.79 bits per heavy atom. The number of fused-ring (bicyclic) bond motifs is 1. The van der Waals surface area contributed by atoms with E-state index in [-0.39, 0.29) is 37.8 Å². The van der Waals surface area contributed by atoms with E-state index in [2.05, 4.69) is 10.4 Å². The summed E-state index contributed by atoms with van der Waals surface area (Å²) < 4.78 is 5.66. The van der Waals surface area contributed by atoms with Gasteiger partial charge in [-0.3, -0.25) is 14.5 Å². The van der Waals surface area contributed by atoms with Crippen molar-refractivity contribution >= 4 is 40.7 Å². The summed E-state index contributed by atoms with van der Waals surface area (Å²) in [7, 11) is 0. The molecule has 2 aliphatic rings. The molecule has 1 fully saturated rings. The van der Waals surface area contributed by atoms with Gasteiger partial charge in [-0.15, -0.1) is 0 Å². The lowest BCUT2D eigenvalue weighted by Gasteiger charge is -2.21. The largest absolute Gasteiger partial charge is 0.490 e. The number of nitrogens with one attached hydrogen (secondary N) is 1. The molecule has 1 N–H and O–H groups in total. The summed E-state index contributed by atoms with van der Waals surface area (Å²) in [5, 5.41) is 3.37. The molecule has 152 valence electrons. The number of nitrogens with zero attached hydrogens (tertiary/aromatic N) is 2. The first kappa shape index (κ1) is 20.0. The van der Waals surface area contributed by atoms with Crippen molar-refractivity contribution < 1.29 is 14.3 Å². The van der Waals surface area contributed by atoms with Crippen molar-refractivity contribution in [3.63, 3.8) is 0 Å². The van der Waals surface area contributed by atoms with Crippen LogP contribution in [0.15, 0.2) is 36.4 Å². The van der Waals surface area contributed by atoms with Crippen molar-refractivity contribution in [1.82, 2.24) is 10.3 Å². The van der Waals surface area contributed by atoms with Crippen molar-refractivity contribution in [3.05, 3.63) is 57.6 Å². The Morgan fingerprint density at radius 3 is 2.55 bits per heavy atom. The van der Waals surface area contributed by atoms with E-state index in [1.807, 2.05) is 36.4 Å². The van der Waals surface area contributed by atoms with Crippen molar-refractivity contribution in [2.24, 2.45) is 0 Å². The molecule has 29 heavy (non-hydrogen) atoms. The Hall–Kier alpha value is -2.28. The fourth-order valence-electron chi connectivity index (χ4n) is 3.61. The molecule has 2 aromatic rings. The molecule has 0 saturated carbocycles. The van der Waals surface area contributed by atoms with Gasteiger partial charge < -0.3 is 9.75 Å². The lowest BCUT2D eigenvalue weighted by molar-refractivity contribution is -0.138. The van der Waals surface area contributed by atoms with Crippen LogP contribution in [-0.2, 0) is 22.6 Å². The Morgan fingerprint density at radius 1 is 1.00 bits per heavy atom. The second kappa shape index (κ2) is 8.61. The number of carbonyl (C=O) groups is 2. The SMILES string of the molecule is O=C1CCC(=O)N1CCOc1ccc(CNN2CCc3cc(Cl)ccc32)cc1Cl. The lowest BCUT2D eigenvalue weighted by atomic mass is 10.2. The standard InChI is InChI=1S/C21H21Cl2N3O3/c22-16-2-3-18-15(12-16)7-8-26(18)24-13-14-1-4-19(17(23)11-14)29-10-9-25-20(27)5-6-21(25)28/h1-4,11-12,24H,5-10,13H2. The van der Waals surface area contributed by atoms with Crippen LogP contribution in [0.1, 0.15) is 24.0 Å². The Kier molecular flexibility index (Phi) is 5.94. The number of likely N-dealkylation sites (tertiary alicyclic amines) is 1. The number of rotatable bonds is 7. The third-order valence-electron chi connectivity index (χ3n) is 5.13. The van der Waals surface area contributed by atoms with Gasteiger partial charge in [-0.1, -0.05) is 29.3 Å². The van der Waals surface area contributed by atoms with E-state index in [0.29, 0.717) is 17.3 Å². The molecule has 0 aliphatic carbocycles. The summed E-state index contributed by atoms with van der Waals surface area (Å²) in [6.45, 7) is 1.98. The highest BCUT2D eigenvalue weighted by Gasteiger charge is 2.28. The average molecular weight is 434 g/mol. The van der Waals surface area contributed by atoms with E-state index < -0.39 is 0 Å². The first-order valence-electron chi connectivity index (χ1n) is 9.55. The van der Waals surface area contributed by atoms with E-state index in [4.69, 9.17) is 27.9 Å². The maximum Gasteiger partial charge on any atom is 0.229 e. The first-order chi connectivity index (χ1) is 14.0. The number of hydrazine groups is 1. The highest BCUT2D eigenvalue weighted by Crippen LogP contribution is 2.30. The second-order valence-corrected chi connectivity index (χ2v) is 7.91. The number of imide groups is 1. The van der Waals surface area contributed by atoms with Crippen molar-refractivity contribution in [2.75, 3.05) is 24.7 Å². The number of carbonyl (C=O) groups excluding carboxylic acids is 2. The fraction of sp³-hybridized carbons (Fsp3) is 0.333. The van der Waals surface area contributed by atoms with Gasteiger partial charge >= 0.3 is 0 Å². The van der Waals surface area contributed by atoms with Crippen LogP contribution in [0.3, 0.4) is 0 Å². The molecule has 0 bridgehead atoms. The molecular formula is C21H21Cl2N3O3. The molecule has 0 atom stereocenters. The fourth-order valence-corrected chi connectivity index (χ4v) is 4.06. The topological polar surface area (TPSA) is 61.9 Å². The normalized spacial score (nSPS) is 15.9. The number of hydrogen-bond acceptors (Lipinski definition) is 5. The summed E-state index contributed by atoms with van der Waals surface area (Å²) in [4.78, 5) is 24.5. The molecule has 0 radical (unpaired) electrons. The maximum atomic E-state index is 11.6. The van der Waals surface area contributed by atoms with Crippen LogP contribution < -0.4 is 15.2 Å². The molecular weight excluding hydrogens is 413 g/mol.